The van der Waals surface area contributed by atoms with E-state index in [1.807, 2.05) is 6.20 Å². The fourth-order valence-corrected chi connectivity index (χ4v) is 2.88. The van der Waals surface area contributed by atoms with Crippen molar-refractivity contribution in [3.05, 3.63) is 10.7 Å². The normalized spacial score (nSPS) is 18.4. The quantitative estimate of drug-likeness (QED) is 0.916. The summed E-state index contributed by atoms with van der Waals surface area (Å²) in [6.45, 7) is 9.73. The van der Waals surface area contributed by atoms with E-state index in [-0.39, 0.29) is 0 Å². The summed E-state index contributed by atoms with van der Waals surface area (Å²) in [6, 6.07) is 0. The second-order valence-corrected chi connectivity index (χ2v) is 6.40. The fourth-order valence-electron chi connectivity index (χ4n) is 2.44. The number of nitrogens with one attached hydrogen (secondary N) is 1. The smallest absolute Gasteiger partial charge is 0.224 e. The molecule has 0 unspecified atom stereocenters. The van der Waals surface area contributed by atoms with Crippen LogP contribution in [0.4, 0.5) is 11.8 Å². The van der Waals surface area contributed by atoms with Gasteiger partial charge >= 0.3 is 0 Å². The molecular weight excluding hydrogens is 304 g/mol. The molecule has 0 atom stereocenters. The summed E-state index contributed by atoms with van der Waals surface area (Å²) in [7, 11) is 0. The minimum Gasteiger partial charge on any atom is -0.355 e. The monoisotopic (exact) mass is 326 g/mol. The summed E-state index contributed by atoms with van der Waals surface area (Å²) < 4.78 is 0.981. The molecule has 1 saturated heterocycles. The van der Waals surface area contributed by atoms with Gasteiger partial charge < -0.3 is 10.2 Å². The third-order valence-electron chi connectivity index (χ3n) is 4.18. The summed E-state index contributed by atoms with van der Waals surface area (Å²) >= 11 is 3.57. The molecule has 0 aliphatic carbocycles. The number of hydrogen-bond acceptors (Lipinski definition) is 4. The largest absolute Gasteiger partial charge is 0.355 e. The van der Waals surface area contributed by atoms with E-state index in [4.69, 9.17) is 0 Å². The lowest BCUT2D eigenvalue weighted by Crippen LogP contribution is -2.39. The van der Waals surface area contributed by atoms with Gasteiger partial charge in [-0.2, -0.15) is 4.98 Å². The Kier molecular flexibility index (Phi) is 4.66. The Hall–Kier alpha value is -0.840. The first-order valence-electron chi connectivity index (χ1n) is 7.09. The van der Waals surface area contributed by atoms with Crippen molar-refractivity contribution in [3.63, 3.8) is 0 Å². The average Bonchev–Trinajstić information content (AvgIpc) is 2.42. The Balaban J connectivity index is 2.12. The van der Waals surface area contributed by atoms with Crippen LogP contribution in [0.2, 0.25) is 0 Å². The molecule has 19 heavy (non-hydrogen) atoms. The van der Waals surface area contributed by atoms with Crippen LogP contribution in [0.15, 0.2) is 10.7 Å². The molecule has 106 valence electrons. The second kappa shape index (κ2) is 6.07. The summed E-state index contributed by atoms with van der Waals surface area (Å²) in [6.07, 6.45) is 5.56. The van der Waals surface area contributed by atoms with Crippen LogP contribution in [0.5, 0.6) is 0 Å². The van der Waals surface area contributed by atoms with E-state index < -0.39 is 0 Å². The number of piperidine rings is 1. The van der Waals surface area contributed by atoms with Crippen molar-refractivity contribution in [1.29, 1.82) is 0 Å². The van der Waals surface area contributed by atoms with Gasteiger partial charge in [-0.15, -0.1) is 0 Å². The lowest BCUT2D eigenvalue weighted by atomic mass is 9.78. The molecule has 0 radical (unpaired) electrons. The third-order valence-corrected chi connectivity index (χ3v) is 4.74. The van der Waals surface area contributed by atoms with Gasteiger partial charge in [0.05, 0.1) is 4.47 Å². The van der Waals surface area contributed by atoms with Crippen LogP contribution >= 0.6 is 15.9 Å². The lowest BCUT2D eigenvalue weighted by molar-refractivity contribution is 0.237. The molecule has 0 aromatic carbocycles. The van der Waals surface area contributed by atoms with Gasteiger partial charge in [-0.1, -0.05) is 20.3 Å². The van der Waals surface area contributed by atoms with E-state index >= 15 is 0 Å². The van der Waals surface area contributed by atoms with Crippen molar-refractivity contribution in [2.45, 2.75) is 40.0 Å². The zero-order valence-corrected chi connectivity index (χ0v) is 13.6. The molecule has 2 heterocycles. The first kappa shape index (κ1) is 14.6. The third kappa shape index (κ3) is 3.38. The Bertz CT molecular complexity index is 427. The highest BCUT2D eigenvalue weighted by Gasteiger charge is 2.29. The summed E-state index contributed by atoms with van der Waals surface area (Å²) in [5, 5.41) is 3.17. The lowest BCUT2D eigenvalue weighted by Gasteiger charge is -2.39. The molecule has 1 N–H and O–H groups in total. The summed E-state index contributed by atoms with van der Waals surface area (Å²) in [5.74, 6) is 1.73. The van der Waals surface area contributed by atoms with Gasteiger partial charge in [0, 0.05) is 25.8 Å². The maximum atomic E-state index is 4.62. The van der Waals surface area contributed by atoms with Gasteiger partial charge in [0.25, 0.3) is 0 Å². The Labute approximate surface area is 124 Å². The Morgan fingerprint density at radius 3 is 2.63 bits per heavy atom. The van der Waals surface area contributed by atoms with Crippen LogP contribution in [-0.2, 0) is 0 Å². The van der Waals surface area contributed by atoms with Gasteiger partial charge in [-0.05, 0) is 41.1 Å². The van der Waals surface area contributed by atoms with Crippen LogP contribution < -0.4 is 10.2 Å². The molecule has 0 bridgehead atoms. The maximum Gasteiger partial charge on any atom is 0.224 e. The molecule has 5 heteroatoms. The highest BCUT2D eigenvalue weighted by molar-refractivity contribution is 9.10. The van der Waals surface area contributed by atoms with Crippen molar-refractivity contribution in [2.24, 2.45) is 5.41 Å². The van der Waals surface area contributed by atoms with Crippen molar-refractivity contribution in [3.8, 4) is 0 Å². The average molecular weight is 327 g/mol. The van der Waals surface area contributed by atoms with Gasteiger partial charge in [-0.3, -0.25) is 0 Å². The minimum absolute atomic E-state index is 0.501. The van der Waals surface area contributed by atoms with Gasteiger partial charge in [0.1, 0.15) is 5.82 Å². The maximum absolute atomic E-state index is 4.62. The van der Waals surface area contributed by atoms with Gasteiger partial charge in [0.15, 0.2) is 0 Å². The van der Waals surface area contributed by atoms with Crippen LogP contribution in [0.25, 0.3) is 0 Å². The molecule has 1 aliphatic heterocycles. The number of halogens is 1. The first-order chi connectivity index (χ1) is 9.08. The topological polar surface area (TPSA) is 41.1 Å². The molecular formula is C14H23BrN4. The van der Waals surface area contributed by atoms with Crippen molar-refractivity contribution in [1.82, 2.24) is 9.97 Å². The molecule has 2 rings (SSSR count). The van der Waals surface area contributed by atoms with Crippen LogP contribution in [0.3, 0.4) is 0 Å². The summed E-state index contributed by atoms with van der Waals surface area (Å²) in [4.78, 5) is 11.3. The zero-order valence-electron chi connectivity index (χ0n) is 12.0. The Morgan fingerprint density at radius 1 is 1.37 bits per heavy atom. The molecule has 1 aromatic rings. The van der Waals surface area contributed by atoms with Crippen molar-refractivity contribution >= 4 is 27.7 Å². The number of rotatable bonds is 4. The molecule has 0 amide bonds. The summed E-state index contributed by atoms with van der Waals surface area (Å²) in [5.41, 5.74) is 0.501. The van der Waals surface area contributed by atoms with E-state index in [0.29, 0.717) is 11.4 Å². The molecule has 4 nitrogen and oxygen atoms in total. The van der Waals surface area contributed by atoms with Gasteiger partial charge in [-0.25, -0.2) is 4.98 Å². The van der Waals surface area contributed by atoms with E-state index in [1.165, 1.54) is 19.3 Å². The van der Waals surface area contributed by atoms with Gasteiger partial charge in [0.2, 0.25) is 5.95 Å². The highest BCUT2D eigenvalue weighted by atomic mass is 79.9. The predicted octanol–water partition coefficient (Wildman–Crippen LogP) is 3.69. The number of aromatic nitrogens is 2. The SMILES string of the molecule is CCNc1ncc(Br)c(N2CCC(C)(CC)CC2)n1. The van der Waals surface area contributed by atoms with E-state index in [0.717, 1.165) is 29.9 Å². The van der Waals surface area contributed by atoms with Crippen molar-refractivity contribution < 1.29 is 0 Å². The minimum atomic E-state index is 0.501. The zero-order chi connectivity index (χ0) is 13.9. The Morgan fingerprint density at radius 2 is 2.05 bits per heavy atom. The molecule has 1 aromatic heterocycles. The van der Waals surface area contributed by atoms with Crippen LogP contribution in [0.1, 0.15) is 40.0 Å². The van der Waals surface area contributed by atoms with E-state index in [1.54, 1.807) is 0 Å². The predicted molar refractivity (Wildman–Crippen MR) is 83.7 cm³/mol. The number of hydrogen-bond donors (Lipinski definition) is 1. The second-order valence-electron chi connectivity index (χ2n) is 5.55. The number of nitrogens with zero attached hydrogens (tertiary/aromatic N) is 3. The molecule has 0 saturated carbocycles. The van der Waals surface area contributed by atoms with Crippen LogP contribution in [0, 0.1) is 5.41 Å². The first-order valence-corrected chi connectivity index (χ1v) is 7.88. The highest BCUT2D eigenvalue weighted by Crippen LogP contribution is 2.36. The van der Waals surface area contributed by atoms with E-state index in [9.17, 15) is 0 Å². The van der Waals surface area contributed by atoms with Crippen molar-refractivity contribution in [2.75, 3.05) is 29.9 Å². The van der Waals surface area contributed by atoms with E-state index in [2.05, 4.69) is 56.9 Å². The number of anilines is 2. The molecule has 1 fully saturated rings. The standard InChI is InChI=1S/C14H23BrN4/c1-4-14(3)6-8-19(9-7-14)12-11(15)10-17-13(18-12)16-5-2/h10H,4-9H2,1-3H3,(H,16,17,18). The fraction of sp³-hybridized carbons (Fsp3) is 0.714. The molecule has 0 spiro atoms. The van der Waals surface area contributed by atoms with Crippen LogP contribution in [-0.4, -0.2) is 29.6 Å². The molecule has 1 aliphatic rings.